The van der Waals surface area contributed by atoms with Gasteiger partial charge in [-0.15, -0.1) is 0 Å². The van der Waals surface area contributed by atoms with Gasteiger partial charge in [-0.2, -0.15) is 4.72 Å². The second kappa shape index (κ2) is 9.24. The number of ether oxygens (including phenoxy) is 2. The molecule has 0 bridgehead atoms. The van der Waals surface area contributed by atoms with Gasteiger partial charge >= 0.3 is 11.9 Å². The number of sulfonamides is 1. The van der Waals surface area contributed by atoms with Crippen LogP contribution < -0.4 is 9.46 Å². The summed E-state index contributed by atoms with van der Waals surface area (Å²) >= 11 is 0. The molecule has 0 fully saturated rings. The van der Waals surface area contributed by atoms with Crippen LogP contribution in [0.15, 0.2) is 29.2 Å². The van der Waals surface area contributed by atoms with Crippen LogP contribution in [0.4, 0.5) is 0 Å². The van der Waals surface area contributed by atoms with Crippen LogP contribution in [0, 0.1) is 0 Å². The van der Waals surface area contributed by atoms with Crippen molar-refractivity contribution < 1.29 is 32.6 Å². The van der Waals surface area contributed by atoms with Crippen molar-refractivity contribution in [2.24, 2.45) is 0 Å². The van der Waals surface area contributed by atoms with E-state index < -0.39 is 28.0 Å². The monoisotopic (exact) mass is 359 g/mol. The highest BCUT2D eigenvalue weighted by atomic mass is 32.2. The van der Waals surface area contributed by atoms with Crippen LogP contribution in [0.3, 0.4) is 0 Å². The molecule has 2 N–H and O–H groups in total. The predicted molar refractivity (Wildman–Crippen MR) is 85.2 cm³/mol. The topological polar surface area (TPSA) is 119 Å². The Labute approximate surface area is 140 Å². The number of hydrogen-bond acceptors (Lipinski definition) is 6. The van der Waals surface area contributed by atoms with Gasteiger partial charge in [0.1, 0.15) is 11.8 Å². The molecule has 0 aliphatic rings. The Hall–Kier alpha value is -2.13. The molecular formula is C15H21NO7S. The number of benzene rings is 1. The Bertz CT molecular complexity index is 655. The normalized spacial score (nSPS) is 12.4. The number of aliphatic carboxylic acids is 1. The van der Waals surface area contributed by atoms with Gasteiger partial charge in [0.2, 0.25) is 10.0 Å². The second-order valence-electron chi connectivity index (χ2n) is 4.95. The molecule has 0 aromatic heterocycles. The third kappa shape index (κ3) is 6.17. The van der Waals surface area contributed by atoms with Crippen LogP contribution in [-0.4, -0.2) is 45.2 Å². The van der Waals surface area contributed by atoms with Gasteiger partial charge in [0, 0.05) is 0 Å². The van der Waals surface area contributed by atoms with E-state index in [0.29, 0.717) is 12.2 Å². The zero-order valence-electron chi connectivity index (χ0n) is 13.5. The van der Waals surface area contributed by atoms with Crippen molar-refractivity contribution in [3.63, 3.8) is 0 Å². The molecule has 0 saturated heterocycles. The van der Waals surface area contributed by atoms with Gasteiger partial charge < -0.3 is 14.6 Å². The summed E-state index contributed by atoms with van der Waals surface area (Å²) < 4.78 is 36.3. The van der Waals surface area contributed by atoms with Crippen molar-refractivity contribution in [2.45, 2.75) is 37.1 Å². The zero-order valence-corrected chi connectivity index (χ0v) is 14.3. The average Bonchev–Trinajstić information content (AvgIpc) is 2.54. The summed E-state index contributed by atoms with van der Waals surface area (Å²) in [5.41, 5.74) is 0. The minimum atomic E-state index is -3.94. The van der Waals surface area contributed by atoms with Gasteiger partial charge in [0.25, 0.3) is 0 Å². The first-order valence-electron chi connectivity index (χ1n) is 7.35. The fourth-order valence-electron chi connectivity index (χ4n) is 1.85. The molecular weight excluding hydrogens is 338 g/mol. The van der Waals surface area contributed by atoms with E-state index in [1.165, 1.54) is 31.4 Å². The number of rotatable bonds is 10. The van der Waals surface area contributed by atoms with Crippen molar-refractivity contribution in [1.29, 1.82) is 0 Å². The highest BCUT2D eigenvalue weighted by Gasteiger charge is 2.24. The molecule has 1 aromatic rings. The van der Waals surface area contributed by atoms with E-state index in [-0.39, 0.29) is 24.3 Å². The van der Waals surface area contributed by atoms with E-state index in [2.05, 4.69) is 9.46 Å². The lowest BCUT2D eigenvalue weighted by atomic mass is 10.2. The molecule has 1 atom stereocenters. The predicted octanol–water partition coefficient (Wildman–Crippen LogP) is 1.16. The Kier molecular flexibility index (Phi) is 7.66. The number of carboxylic acid groups (broad SMARTS) is 1. The SMILES string of the molecule is CCCC(NS(=O)(=O)c1ccc(OCCC(=O)OC)cc1)C(=O)O. The minimum Gasteiger partial charge on any atom is -0.493 e. The van der Waals surface area contributed by atoms with Gasteiger partial charge in [-0.25, -0.2) is 8.42 Å². The molecule has 0 heterocycles. The summed E-state index contributed by atoms with van der Waals surface area (Å²) in [7, 11) is -2.67. The molecule has 8 nitrogen and oxygen atoms in total. The lowest BCUT2D eigenvalue weighted by Gasteiger charge is -2.14. The van der Waals surface area contributed by atoms with Crippen LogP contribution in [-0.2, 0) is 24.3 Å². The summed E-state index contributed by atoms with van der Waals surface area (Å²) in [4.78, 5) is 22.0. The fourth-order valence-corrected chi connectivity index (χ4v) is 3.07. The van der Waals surface area contributed by atoms with Crippen LogP contribution >= 0.6 is 0 Å². The first kappa shape index (κ1) is 19.9. The molecule has 1 rings (SSSR count). The highest BCUT2D eigenvalue weighted by molar-refractivity contribution is 7.89. The van der Waals surface area contributed by atoms with Crippen molar-refractivity contribution in [3.8, 4) is 5.75 Å². The lowest BCUT2D eigenvalue weighted by molar-refractivity contribution is -0.141. The summed E-state index contributed by atoms with van der Waals surface area (Å²) in [5.74, 6) is -1.24. The number of hydrogen-bond donors (Lipinski definition) is 2. The zero-order chi connectivity index (χ0) is 18.2. The van der Waals surface area contributed by atoms with Crippen molar-refractivity contribution >= 4 is 22.0 Å². The Morgan fingerprint density at radius 1 is 1.25 bits per heavy atom. The molecule has 1 unspecified atom stereocenters. The van der Waals surface area contributed by atoms with E-state index >= 15 is 0 Å². The summed E-state index contributed by atoms with van der Waals surface area (Å²) in [6, 6.07) is 4.31. The quantitative estimate of drug-likeness (QED) is 0.602. The molecule has 0 aliphatic heterocycles. The van der Waals surface area contributed by atoms with Crippen molar-refractivity contribution in [2.75, 3.05) is 13.7 Å². The number of carboxylic acids is 1. The Morgan fingerprint density at radius 3 is 2.38 bits per heavy atom. The summed E-state index contributed by atoms with van der Waals surface area (Å²) in [6.07, 6.45) is 0.811. The van der Waals surface area contributed by atoms with Gasteiger partial charge in [-0.3, -0.25) is 9.59 Å². The van der Waals surface area contributed by atoms with Crippen molar-refractivity contribution in [1.82, 2.24) is 4.72 Å². The standard InChI is InChI=1S/C15H21NO7S/c1-3-4-13(15(18)19)16-24(20,21)12-7-5-11(6-8-12)23-10-9-14(17)22-2/h5-8,13,16H,3-4,9-10H2,1-2H3,(H,18,19). The Morgan fingerprint density at radius 2 is 1.88 bits per heavy atom. The molecule has 0 aliphatic carbocycles. The third-order valence-electron chi connectivity index (χ3n) is 3.11. The van der Waals surface area contributed by atoms with E-state index in [9.17, 15) is 18.0 Å². The highest BCUT2D eigenvalue weighted by Crippen LogP contribution is 2.17. The van der Waals surface area contributed by atoms with Gasteiger partial charge in [0.05, 0.1) is 25.0 Å². The molecule has 0 spiro atoms. The first-order valence-corrected chi connectivity index (χ1v) is 8.83. The van der Waals surface area contributed by atoms with Gasteiger partial charge in [-0.05, 0) is 30.7 Å². The van der Waals surface area contributed by atoms with Crippen molar-refractivity contribution in [3.05, 3.63) is 24.3 Å². The number of esters is 1. The summed E-state index contributed by atoms with van der Waals surface area (Å²) in [5, 5.41) is 9.04. The molecule has 0 amide bonds. The van der Waals surface area contributed by atoms with Crippen LogP contribution in [0.2, 0.25) is 0 Å². The Balaban J connectivity index is 2.72. The number of methoxy groups -OCH3 is 1. The van der Waals surface area contributed by atoms with Crippen LogP contribution in [0.1, 0.15) is 26.2 Å². The minimum absolute atomic E-state index is 0.0647. The molecule has 0 radical (unpaired) electrons. The van der Waals surface area contributed by atoms with E-state index in [4.69, 9.17) is 9.84 Å². The smallest absolute Gasteiger partial charge is 0.321 e. The molecule has 0 saturated carbocycles. The maximum atomic E-state index is 12.2. The van der Waals surface area contributed by atoms with E-state index in [0.717, 1.165) is 0 Å². The number of nitrogens with one attached hydrogen (secondary N) is 1. The van der Waals surface area contributed by atoms with Gasteiger partial charge in [0.15, 0.2) is 0 Å². The first-order chi connectivity index (χ1) is 11.3. The second-order valence-corrected chi connectivity index (χ2v) is 6.66. The molecule has 134 valence electrons. The third-order valence-corrected chi connectivity index (χ3v) is 4.60. The van der Waals surface area contributed by atoms with Crippen LogP contribution in [0.25, 0.3) is 0 Å². The maximum absolute atomic E-state index is 12.2. The average molecular weight is 359 g/mol. The summed E-state index contributed by atoms with van der Waals surface area (Å²) in [6.45, 7) is 1.87. The maximum Gasteiger partial charge on any atom is 0.321 e. The lowest BCUT2D eigenvalue weighted by Crippen LogP contribution is -2.40. The fraction of sp³-hybridized carbons (Fsp3) is 0.467. The largest absolute Gasteiger partial charge is 0.493 e. The van der Waals surface area contributed by atoms with Gasteiger partial charge in [-0.1, -0.05) is 13.3 Å². The molecule has 9 heteroatoms. The number of carbonyl (C=O) groups is 2. The van der Waals surface area contributed by atoms with E-state index in [1.54, 1.807) is 6.92 Å². The molecule has 1 aromatic carbocycles. The number of carbonyl (C=O) groups excluding carboxylic acids is 1. The van der Waals surface area contributed by atoms with Crippen LogP contribution in [0.5, 0.6) is 5.75 Å². The molecule has 24 heavy (non-hydrogen) atoms. The van der Waals surface area contributed by atoms with E-state index in [1.807, 2.05) is 0 Å².